The SMILES string of the molecule is c1ccc2c(N3CC[N]CC3)c[nH]c2c1. The maximum absolute atomic E-state index is 4.37. The van der Waals surface area contributed by atoms with Crippen molar-refractivity contribution in [1.82, 2.24) is 10.3 Å². The van der Waals surface area contributed by atoms with E-state index in [4.69, 9.17) is 0 Å². The molecule has 1 N–H and O–H groups in total. The summed E-state index contributed by atoms with van der Waals surface area (Å²) in [5, 5.41) is 5.68. The van der Waals surface area contributed by atoms with Gasteiger partial charge in [-0.05, 0) is 6.07 Å². The third-order valence-corrected chi connectivity index (χ3v) is 2.96. The molecule has 77 valence electrons. The second kappa shape index (κ2) is 3.59. The van der Waals surface area contributed by atoms with Crippen LogP contribution in [0.15, 0.2) is 30.5 Å². The van der Waals surface area contributed by atoms with Gasteiger partial charge in [-0.2, -0.15) is 0 Å². The van der Waals surface area contributed by atoms with Crippen LogP contribution in [0.3, 0.4) is 0 Å². The number of para-hydroxylation sites is 1. The van der Waals surface area contributed by atoms with E-state index >= 15 is 0 Å². The van der Waals surface area contributed by atoms with E-state index in [1.165, 1.54) is 16.6 Å². The lowest BCUT2D eigenvalue weighted by Crippen LogP contribution is -2.40. The van der Waals surface area contributed by atoms with E-state index in [1.807, 2.05) is 0 Å². The van der Waals surface area contributed by atoms with Crippen LogP contribution in [0.5, 0.6) is 0 Å². The normalized spacial score (nSPS) is 17.2. The number of fused-ring (bicyclic) bond motifs is 1. The Labute approximate surface area is 89.1 Å². The van der Waals surface area contributed by atoms with E-state index in [0.29, 0.717) is 0 Å². The predicted octanol–water partition coefficient (Wildman–Crippen LogP) is 1.59. The van der Waals surface area contributed by atoms with Crippen molar-refractivity contribution >= 4 is 16.6 Å². The summed E-state index contributed by atoms with van der Waals surface area (Å²) in [6.45, 7) is 4.00. The first kappa shape index (κ1) is 8.80. The Balaban J connectivity index is 2.02. The molecule has 0 saturated carbocycles. The summed E-state index contributed by atoms with van der Waals surface area (Å²) in [5.41, 5.74) is 2.54. The molecule has 0 aliphatic carbocycles. The van der Waals surface area contributed by atoms with E-state index in [-0.39, 0.29) is 0 Å². The van der Waals surface area contributed by atoms with Crippen LogP contribution in [0.4, 0.5) is 5.69 Å². The number of piperazine rings is 1. The Kier molecular flexibility index (Phi) is 2.10. The van der Waals surface area contributed by atoms with E-state index in [9.17, 15) is 0 Å². The van der Waals surface area contributed by atoms with Crippen LogP contribution in [0.1, 0.15) is 0 Å². The van der Waals surface area contributed by atoms with Crippen LogP contribution in [0.2, 0.25) is 0 Å². The number of anilines is 1. The van der Waals surface area contributed by atoms with Gasteiger partial charge in [0.25, 0.3) is 0 Å². The number of benzene rings is 1. The highest BCUT2D eigenvalue weighted by Gasteiger charge is 2.14. The molecule has 0 bridgehead atoms. The topological polar surface area (TPSA) is 33.1 Å². The van der Waals surface area contributed by atoms with Crippen LogP contribution in [0, 0.1) is 0 Å². The molecule has 2 heterocycles. The molecule has 3 rings (SSSR count). The summed E-state index contributed by atoms with van der Waals surface area (Å²) in [5.74, 6) is 0. The van der Waals surface area contributed by atoms with E-state index in [1.54, 1.807) is 0 Å². The van der Waals surface area contributed by atoms with Crippen LogP contribution < -0.4 is 10.2 Å². The highest BCUT2D eigenvalue weighted by atomic mass is 15.2. The van der Waals surface area contributed by atoms with Gasteiger partial charge in [-0.25, -0.2) is 5.32 Å². The van der Waals surface area contributed by atoms with Crippen molar-refractivity contribution in [3.05, 3.63) is 30.5 Å². The molecule has 1 aromatic heterocycles. The quantitative estimate of drug-likeness (QED) is 0.745. The number of nitrogens with zero attached hydrogens (tertiary/aromatic N) is 2. The molecule has 0 amide bonds. The molecule has 0 atom stereocenters. The summed E-state index contributed by atoms with van der Waals surface area (Å²) in [4.78, 5) is 5.72. The molecule has 1 aliphatic heterocycles. The smallest absolute Gasteiger partial charge is 0.0624 e. The second-order valence-electron chi connectivity index (χ2n) is 3.88. The van der Waals surface area contributed by atoms with Gasteiger partial charge in [0, 0.05) is 43.3 Å². The molecule has 1 aromatic carbocycles. The fraction of sp³-hybridized carbons (Fsp3) is 0.333. The van der Waals surface area contributed by atoms with E-state index in [0.717, 1.165) is 26.2 Å². The summed E-state index contributed by atoms with van der Waals surface area (Å²) >= 11 is 0. The third-order valence-electron chi connectivity index (χ3n) is 2.96. The number of nitrogens with one attached hydrogen (secondary N) is 1. The van der Waals surface area contributed by atoms with Crippen molar-refractivity contribution in [3.8, 4) is 0 Å². The number of aromatic nitrogens is 1. The molecule has 1 fully saturated rings. The monoisotopic (exact) mass is 200 g/mol. The van der Waals surface area contributed by atoms with E-state index in [2.05, 4.69) is 45.7 Å². The lowest BCUT2D eigenvalue weighted by molar-refractivity contribution is 0.580. The Hall–Kier alpha value is -1.48. The first-order chi connectivity index (χ1) is 7.45. The molecular formula is C12H14N3. The van der Waals surface area contributed by atoms with Crippen molar-refractivity contribution in [3.63, 3.8) is 0 Å². The van der Waals surface area contributed by atoms with Crippen molar-refractivity contribution in [2.75, 3.05) is 31.1 Å². The lowest BCUT2D eigenvalue weighted by atomic mass is 10.2. The molecule has 3 heteroatoms. The van der Waals surface area contributed by atoms with Crippen molar-refractivity contribution in [1.29, 1.82) is 0 Å². The third kappa shape index (κ3) is 1.49. The highest BCUT2D eigenvalue weighted by Crippen LogP contribution is 2.26. The van der Waals surface area contributed by atoms with Gasteiger partial charge in [0.05, 0.1) is 5.69 Å². The minimum absolute atomic E-state index is 0.958. The van der Waals surface area contributed by atoms with Gasteiger partial charge in [0.1, 0.15) is 0 Å². The minimum Gasteiger partial charge on any atom is -0.367 e. The van der Waals surface area contributed by atoms with Crippen LogP contribution in [-0.4, -0.2) is 31.2 Å². The van der Waals surface area contributed by atoms with Crippen LogP contribution in [-0.2, 0) is 0 Å². The van der Waals surface area contributed by atoms with Crippen molar-refractivity contribution < 1.29 is 0 Å². The minimum atomic E-state index is 0.958. The van der Waals surface area contributed by atoms with Gasteiger partial charge in [0.15, 0.2) is 0 Å². The number of aromatic amines is 1. The maximum Gasteiger partial charge on any atom is 0.0624 e. The number of H-pyrrole nitrogens is 1. The zero-order valence-corrected chi connectivity index (χ0v) is 8.61. The van der Waals surface area contributed by atoms with Crippen LogP contribution >= 0.6 is 0 Å². The van der Waals surface area contributed by atoms with Crippen molar-refractivity contribution in [2.45, 2.75) is 0 Å². The molecule has 1 aliphatic rings. The van der Waals surface area contributed by atoms with Crippen LogP contribution in [0.25, 0.3) is 10.9 Å². The molecule has 15 heavy (non-hydrogen) atoms. The number of rotatable bonds is 1. The summed E-state index contributed by atoms with van der Waals surface area (Å²) in [6, 6.07) is 8.45. The second-order valence-corrected chi connectivity index (χ2v) is 3.88. The summed E-state index contributed by atoms with van der Waals surface area (Å²) in [6.07, 6.45) is 2.11. The first-order valence-corrected chi connectivity index (χ1v) is 5.39. The zero-order valence-electron chi connectivity index (χ0n) is 8.61. The average molecular weight is 200 g/mol. The van der Waals surface area contributed by atoms with Gasteiger partial charge >= 0.3 is 0 Å². The van der Waals surface area contributed by atoms with Gasteiger partial charge in [-0.1, -0.05) is 18.2 Å². The molecule has 0 unspecified atom stereocenters. The van der Waals surface area contributed by atoms with E-state index < -0.39 is 0 Å². The Morgan fingerprint density at radius 1 is 1.13 bits per heavy atom. The Bertz CT molecular complexity index is 455. The molecule has 0 spiro atoms. The molecule has 3 nitrogen and oxygen atoms in total. The maximum atomic E-state index is 4.37. The fourth-order valence-electron chi connectivity index (χ4n) is 2.17. The predicted molar refractivity (Wildman–Crippen MR) is 62.4 cm³/mol. The average Bonchev–Trinajstić information content (AvgIpc) is 2.74. The molecule has 1 radical (unpaired) electrons. The summed E-state index contributed by atoms with van der Waals surface area (Å²) < 4.78 is 0. The summed E-state index contributed by atoms with van der Waals surface area (Å²) in [7, 11) is 0. The zero-order chi connectivity index (χ0) is 10.1. The number of hydrogen-bond donors (Lipinski definition) is 1. The lowest BCUT2D eigenvalue weighted by Gasteiger charge is -2.27. The largest absolute Gasteiger partial charge is 0.367 e. The Morgan fingerprint density at radius 2 is 1.93 bits per heavy atom. The van der Waals surface area contributed by atoms with Crippen molar-refractivity contribution in [2.24, 2.45) is 0 Å². The van der Waals surface area contributed by atoms with Gasteiger partial charge in [0.2, 0.25) is 0 Å². The van der Waals surface area contributed by atoms with Gasteiger partial charge in [-0.15, -0.1) is 0 Å². The molecular weight excluding hydrogens is 186 g/mol. The van der Waals surface area contributed by atoms with Gasteiger partial charge < -0.3 is 9.88 Å². The Morgan fingerprint density at radius 3 is 2.80 bits per heavy atom. The fourth-order valence-corrected chi connectivity index (χ4v) is 2.17. The number of hydrogen-bond acceptors (Lipinski definition) is 1. The molecule has 1 saturated heterocycles. The standard InChI is InChI=1S/C12H14N3/c1-2-4-11-10(3-1)12(9-14-11)15-7-5-13-6-8-15/h1-4,9,14H,5-8H2. The molecule has 2 aromatic rings. The van der Waals surface area contributed by atoms with Gasteiger partial charge in [-0.3, -0.25) is 0 Å². The highest BCUT2D eigenvalue weighted by molar-refractivity contribution is 5.92. The first-order valence-electron chi connectivity index (χ1n) is 5.39.